The lowest BCUT2D eigenvalue weighted by molar-refractivity contribution is -0.145. The van der Waals surface area contributed by atoms with Crippen LogP contribution in [0.5, 0.6) is 0 Å². The Hall–Kier alpha value is -1.32. The average molecular weight is 252 g/mol. The fourth-order valence-electron chi connectivity index (χ4n) is 2.46. The molecule has 0 aromatic rings. The Morgan fingerprint density at radius 1 is 1.00 bits per heavy atom. The van der Waals surface area contributed by atoms with Crippen LogP contribution in [0, 0.1) is 11.8 Å². The van der Waals surface area contributed by atoms with E-state index in [1.807, 2.05) is 30.9 Å². The van der Waals surface area contributed by atoms with E-state index in [-0.39, 0.29) is 23.7 Å². The SMILES string of the molecule is CCN(CC)C(=O)C1CC=CCC1C(=O)N(C)C. The standard InChI is InChI=1S/C14H24N2O2/c1-5-16(6-2)14(18)12-10-8-7-9-11(12)13(17)15(3)4/h7-8,11-12H,5-6,9-10H2,1-4H3. The van der Waals surface area contributed by atoms with Gasteiger partial charge in [0, 0.05) is 27.2 Å². The van der Waals surface area contributed by atoms with Crippen LogP contribution in [0.1, 0.15) is 26.7 Å². The first-order valence-electron chi connectivity index (χ1n) is 6.67. The van der Waals surface area contributed by atoms with Crippen molar-refractivity contribution >= 4 is 11.8 Å². The summed E-state index contributed by atoms with van der Waals surface area (Å²) in [5.41, 5.74) is 0. The lowest BCUT2D eigenvalue weighted by atomic mass is 9.81. The molecule has 2 atom stereocenters. The molecule has 2 unspecified atom stereocenters. The first kappa shape index (κ1) is 14.7. The largest absolute Gasteiger partial charge is 0.349 e. The van der Waals surface area contributed by atoms with Crippen molar-refractivity contribution in [3.63, 3.8) is 0 Å². The molecule has 0 fully saturated rings. The molecule has 0 aromatic carbocycles. The summed E-state index contributed by atoms with van der Waals surface area (Å²) in [6.45, 7) is 5.36. The number of hydrogen-bond donors (Lipinski definition) is 0. The van der Waals surface area contributed by atoms with Gasteiger partial charge in [0.25, 0.3) is 0 Å². The Bertz CT molecular complexity index is 333. The molecule has 0 spiro atoms. The fraction of sp³-hybridized carbons (Fsp3) is 0.714. The molecule has 0 bridgehead atoms. The first-order chi connectivity index (χ1) is 8.52. The van der Waals surface area contributed by atoms with E-state index < -0.39 is 0 Å². The van der Waals surface area contributed by atoms with E-state index in [0.717, 1.165) is 0 Å². The van der Waals surface area contributed by atoms with Crippen LogP contribution in [0.15, 0.2) is 12.2 Å². The van der Waals surface area contributed by atoms with Gasteiger partial charge in [0.05, 0.1) is 11.8 Å². The maximum Gasteiger partial charge on any atom is 0.226 e. The third kappa shape index (κ3) is 3.12. The predicted octanol–water partition coefficient (Wildman–Crippen LogP) is 1.53. The molecule has 4 nitrogen and oxygen atoms in total. The van der Waals surface area contributed by atoms with E-state index in [1.165, 1.54) is 0 Å². The second-order valence-electron chi connectivity index (χ2n) is 4.90. The number of carbonyl (C=O) groups is 2. The Kier molecular flexibility index (Phi) is 5.38. The van der Waals surface area contributed by atoms with Gasteiger partial charge in [0.1, 0.15) is 0 Å². The van der Waals surface area contributed by atoms with Crippen molar-refractivity contribution in [3.8, 4) is 0 Å². The zero-order chi connectivity index (χ0) is 13.7. The fourth-order valence-corrected chi connectivity index (χ4v) is 2.46. The van der Waals surface area contributed by atoms with Crippen molar-refractivity contribution in [1.29, 1.82) is 0 Å². The summed E-state index contributed by atoms with van der Waals surface area (Å²) in [6, 6.07) is 0. The molecular weight excluding hydrogens is 228 g/mol. The molecule has 2 amide bonds. The van der Waals surface area contributed by atoms with Crippen molar-refractivity contribution in [1.82, 2.24) is 9.80 Å². The van der Waals surface area contributed by atoms with Crippen molar-refractivity contribution in [3.05, 3.63) is 12.2 Å². The van der Waals surface area contributed by atoms with Gasteiger partial charge in [-0.2, -0.15) is 0 Å². The summed E-state index contributed by atoms with van der Waals surface area (Å²) in [6.07, 6.45) is 5.39. The van der Waals surface area contributed by atoms with Gasteiger partial charge in [0.2, 0.25) is 11.8 Å². The number of amides is 2. The molecule has 0 saturated heterocycles. The summed E-state index contributed by atoms with van der Waals surface area (Å²) in [5.74, 6) is -0.211. The molecular formula is C14H24N2O2. The van der Waals surface area contributed by atoms with Crippen LogP contribution in [0.2, 0.25) is 0 Å². The molecule has 1 rings (SSSR count). The monoisotopic (exact) mass is 252 g/mol. The van der Waals surface area contributed by atoms with E-state index in [9.17, 15) is 9.59 Å². The van der Waals surface area contributed by atoms with E-state index in [2.05, 4.69) is 0 Å². The summed E-state index contributed by atoms with van der Waals surface area (Å²) >= 11 is 0. The topological polar surface area (TPSA) is 40.6 Å². The summed E-state index contributed by atoms with van der Waals surface area (Å²) < 4.78 is 0. The second kappa shape index (κ2) is 6.57. The minimum Gasteiger partial charge on any atom is -0.349 e. The maximum atomic E-state index is 12.4. The number of rotatable bonds is 4. The molecule has 1 aliphatic carbocycles. The predicted molar refractivity (Wildman–Crippen MR) is 72.0 cm³/mol. The van der Waals surface area contributed by atoms with E-state index in [1.54, 1.807) is 19.0 Å². The van der Waals surface area contributed by atoms with Gasteiger partial charge in [-0.3, -0.25) is 9.59 Å². The molecule has 18 heavy (non-hydrogen) atoms. The third-order valence-electron chi connectivity index (χ3n) is 3.58. The zero-order valence-corrected chi connectivity index (χ0v) is 11.8. The van der Waals surface area contributed by atoms with Gasteiger partial charge >= 0.3 is 0 Å². The Morgan fingerprint density at radius 3 is 1.83 bits per heavy atom. The highest BCUT2D eigenvalue weighted by atomic mass is 16.2. The van der Waals surface area contributed by atoms with Crippen LogP contribution in [-0.4, -0.2) is 48.8 Å². The minimum absolute atomic E-state index is 0.0601. The van der Waals surface area contributed by atoms with Gasteiger partial charge in [0.15, 0.2) is 0 Å². The summed E-state index contributed by atoms with van der Waals surface area (Å²) in [4.78, 5) is 28.0. The molecule has 4 heteroatoms. The normalized spacial score (nSPS) is 22.7. The second-order valence-corrected chi connectivity index (χ2v) is 4.90. The average Bonchev–Trinajstić information content (AvgIpc) is 2.39. The number of hydrogen-bond acceptors (Lipinski definition) is 2. The van der Waals surface area contributed by atoms with Crippen LogP contribution in [0.25, 0.3) is 0 Å². The van der Waals surface area contributed by atoms with Crippen LogP contribution in [-0.2, 0) is 9.59 Å². The van der Waals surface area contributed by atoms with Crippen LogP contribution in [0.3, 0.4) is 0 Å². The molecule has 0 N–H and O–H groups in total. The molecule has 0 radical (unpaired) electrons. The van der Waals surface area contributed by atoms with Gasteiger partial charge in [-0.05, 0) is 26.7 Å². The van der Waals surface area contributed by atoms with Crippen LogP contribution in [0.4, 0.5) is 0 Å². The minimum atomic E-state index is -0.196. The third-order valence-corrected chi connectivity index (χ3v) is 3.58. The zero-order valence-electron chi connectivity index (χ0n) is 11.8. The summed E-state index contributed by atoms with van der Waals surface area (Å²) in [5, 5.41) is 0. The smallest absolute Gasteiger partial charge is 0.226 e. The molecule has 1 aliphatic rings. The first-order valence-corrected chi connectivity index (χ1v) is 6.67. The lowest BCUT2D eigenvalue weighted by Gasteiger charge is -2.32. The van der Waals surface area contributed by atoms with E-state index >= 15 is 0 Å². The summed E-state index contributed by atoms with van der Waals surface area (Å²) in [7, 11) is 3.50. The quantitative estimate of drug-likeness (QED) is 0.712. The molecule has 0 aliphatic heterocycles. The highest BCUT2D eigenvalue weighted by molar-refractivity contribution is 5.88. The van der Waals surface area contributed by atoms with Crippen molar-refractivity contribution in [2.45, 2.75) is 26.7 Å². The van der Waals surface area contributed by atoms with Crippen LogP contribution >= 0.6 is 0 Å². The molecule has 0 saturated carbocycles. The highest BCUT2D eigenvalue weighted by Gasteiger charge is 2.36. The Balaban J connectivity index is 2.86. The Labute approximate surface area is 110 Å². The Morgan fingerprint density at radius 2 is 1.44 bits per heavy atom. The van der Waals surface area contributed by atoms with Gasteiger partial charge in [-0.1, -0.05) is 12.2 Å². The van der Waals surface area contributed by atoms with Gasteiger partial charge < -0.3 is 9.80 Å². The highest BCUT2D eigenvalue weighted by Crippen LogP contribution is 2.28. The van der Waals surface area contributed by atoms with E-state index in [0.29, 0.717) is 25.9 Å². The van der Waals surface area contributed by atoms with Crippen molar-refractivity contribution < 1.29 is 9.59 Å². The molecule has 0 heterocycles. The lowest BCUT2D eigenvalue weighted by Crippen LogP contribution is -2.44. The molecule has 0 aromatic heterocycles. The van der Waals surface area contributed by atoms with Crippen molar-refractivity contribution in [2.24, 2.45) is 11.8 Å². The number of carbonyl (C=O) groups excluding carboxylic acids is 2. The van der Waals surface area contributed by atoms with Crippen LogP contribution < -0.4 is 0 Å². The number of allylic oxidation sites excluding steroid dienone is 2. The van der Waals surface area contributed by atoms with Gasteiger partial charge in [-0.15, -0.1) is 0 Å². The number of nitrogens with zero attached hydrogens (tertiary/aromatic N) is 2. The molecule has 102 valence electrons. The van der Waals surface area contributed by atoms with E-state index in [4.69, 9.17) is 0 Å². The maximum absolute atomic E-state index is 12.4. The van der Waals surface area contributed by atoms with Crippen molar-refractivity contribution in [2.75, 3.05) is 27.2 Å². The van der Waals surface area contributed by atoms with Gasteiger partial charge in [-0.25, -0.2) is 0 Å².